The highest BCUT2D eigenvalue weighted by Gasteiger charge is 2.30. The minimum Gasteiger partial charge on any atom is -0.490 e. The highest BCUT2D eigenvalue weighted by atomic mass is 19.0. The number of nitrogens with zero attached hydrogens (tertiary/aromatic N) is 2. The maximum absolute atomic E-state index is 12.0. The van der Waals surface area contributed by atoms with E-state index in [1.165, 1.54) is 0 Å². The summed E-state index contributed by atoms with van der Waals surface area (Å²) in [5, 5.41) is 3.80. The van der Waals surface area contributed by atoms with E-state index >= 15 is 0 Å². The Labute approximate surface area is 163 Å². The first-order valence-corrected chi connectivity index (χ1v) is 9.22. The molecule has 0 atom stereocenters. The first kappa shape index (κ1) is 18.2. The molecule has 2 N–H and O–H groups in total. The zero-order valence-electron chi connectivity index (χ0n) is 15.4. The fourth-order valence-electron chi connectivity index (χ4n) is 3.15. The van der Waals surface area contributed by atoms with Crippen LogP contribution in [0.4, 0.5) is 10.5 Å². The quantitative estimate of drug-likeness (QED) is 0.662. The molecule has 150 valence electrons. The minimum atomic E-state index is 0. The zero-order valence-corrected chi connectivity index (χ0v) is 15.4. The monoisotopic (exact) mass is 388 g/mol. The number of carbonyl (C=O) groups is 1. The molecule has 1 amide bonds. The summed E-state index contributed by atoms with van der Waals surface area (Å²) < 4.78 is 11.6. The van der Waals surface area contributed by atoms with Gasteiger partial charge in [-0.3, -0.25) is 9.50 Å². The van der Waals surface area contributed by atoms with Gasteiger partial charge in [-0.1, -0.05) is 0 Å². The number of hydrogen-bond donors (Lipinski definition) is 2. The molecule has 8 heteroatoms. The molecule has 0 bridgehead atoms. The Morgan fingerprint density at radius 3 is 2.79 bits per heavy atom. The summed E-state index contributed by atoms with van der Waals surface area (Å²) in [7, 11) is 1.60. The van der Waals surface area contributed by atoms with Crippen LogP contribution in [0, 0.1) is 5.92 Å². The van der Waals surface area contributed by atoms with Crippen LogP contribution < -0.4 is 14.8 Å². The fraction of sp³-hybridized carbons (Fsp3) is 0.350. The van der Waals surface area contributed by atoms with Crippen LogP contribution >= 0.6 is 0 Å². The van der Waals surface area contributed by atoms with Crippen LogP contribution in [0.15, 0.2) is 30.6 Å². The molecular weight excluding hydrogens is 363 g/mol. The number of anilines is 1. The number of hydrogen-bond acceptors (Lipinski definition) is 5. The maximum atomic E-state index is 12.0. The number of rotatable bonds is 6. The van der Waals surface area contributed by atoms with Gasteiger partial charge in [0.1, 0.15) is 17.2 Å². The van der Waals surface area contributed by atoms with Gasteiger partial charge >= 0.3 is 0 Å². The molecule has 7 nitrogen and oxygen atoms in total. The average Bonchev–Trinajstić information content (AvgIpc) is 3.60. The second-order valence-corrected chi connectivity index (χ2v) is 7.07. The molecular formula is C20H25FN4O3. The SMILES string of the molecule is COc1nccc(OC2CC2)c1-c1c[nH]c2nc(NC(=O)C3CC3)ccc12.F.[HH].[HH]. The van der Waals surface area contributed by atoms with Gasteiger partial charge in [0, 0.05) is 32.1 Å². The van der Waals surface area contributed by atoms with Gasteiger partial charge in [0.25, 0.3) is 0 Å². The number of aromatic amines is 1. The van der Waals surface area contributed by atoms with Crippen LogP contribution in [0.3, 0.4) is 0 Å². The smallest absolute Gasteiger partial charge is 0.228 e. The van der Waals surface area contributed by atoms with E-state index in [-0.39, 0.29) is 25.5 Å². The van der Waals surface area contributed by atoms with Crippen molar-refractivity contribution in [2.75, 3.05) is 12.4 Å². The van der Waals surface area contributed by atoms with Gasteiger partial charge in [-0.15, -0.1) is 0 Å². The van der Waals surface area contributed by atoms with E-state index in [0.717, 1.165) is 47.9 Å². The first-order valence-electron chi connectivity index (χ1n) is 9.22. The molecule has 0 radical (unpaired) electrons. The molecule has 2 aliphatic rings. The summed E-state index contributed by atoms with van der Waals surface area (Å²) in [6.45, 7) is 0. The van der Waals surface area contributed by atoms with E-state index < -0.39 is 0 Å². The lowest BCUT2D eigenvalue weighted by molar-refractivity contribution is -0.117. The number of pyridine rings is 2. The predicted molar refractivity (Wildman–Crippen MR) is 108 cm³/mol. The van der Waals surface area contributed by atoms with Gasteiger partial charge in [0.15, 0.2) is 0 Å². The lowest BCUT2D eigenvalue weighted by atomic mass is 10.1. The number of amides is 1. The number of halogens is 1. The van der Waals surface area contributed by atoms with E-state index in [0.29, 0.717) is 17.3 Å². The average molecular weight is 388 g/mol. The van der Waals surface area contributed by atoms with E-state index in [1.807, 2.05) is 24.4 Å². The molecule has 3 aromatic heterocycles. The van der Waals surface area contributed by atoms with Crippen molar-refractivity contribution in [2.45, 2.75) is 31.8 Å². The molecule has 2 fully saturated rings. The van der Waals surface area contributed by atoms with Crippen molar-refractivity contribution in [1.82, 2.24) is 15.0 Å². The van der Waals surface area contributed by atoms with Crippen molar-refractivity contribution >= 4 is 22.8 Å². The van der Waals surface area contributed by atoms with Crippen molar-refractivity contribution in [1.29, 1.82) is 0 Å². The number of H-pyrrole nitrogens is 1. The Kier molecular flexibility index (Phi) is 4.62. The van der Waals surface area contributed by atoms with Crippen molar-refractivity contribution in [3.05, 3.63) is 30.6 Å². The summed E-state index contributed by atoms with van der Waals surface area (Å²) in [6, 6.07) is 5.64. The number of carbonyl (C=O) groups excluding carboxylic acids is 1. The molecule has 2 saturated carbocycles. The van der Waals surface area contributed by atoms with Crippen molar-refractivity contribution < 1.29 is 21.8 Å². The van der Waals surface area contributed by atoms with E-state index in [4.69, 9.17) is 9.47 Å². The Balaban J connectivity index is 0.00000107. The Hall–Kier alpha value is -3.16. The lowest BCUT2D eigenvalue weighted by Crippen LogP contribution is -2.14. The van der Waals surface area contributed by atoms with Crippen LogP contribution in [0.2, 0.25) is 0 Å². The Morgan fingerprint density at radius 1 is 1.25 bits per heavy atom. The van der Waals surface area contributed by atoms with Gasteiger partial charge in [-0.25, -0.2) is 9.97 Å². The Morgan fingerprint density at radius 2 is 2.07 bits per heavy atom. The number of nitrogens with one attached hydrogen (secondary N) is 2. The second-order valence-electron chi connectivity index (χ2n) is 7.07. The maximum Gasteiger partial charge on any atom is 0.228 e. The van der Waals surface area contributed by atoms with Crippen LogP contribution in [-0.2, 0) is 4.79 Å². The third-order valence-corrected chi connectivity index (χ3v) is 4.90. The normalized spacial score (nSPS) is 15.8. The van der Waals surface area contributed by atoms with E-state index in [2.05, 4.69) is 20.3 Å². The van der Waals surface area contributed by atoms with Crippen molar-refractivity contribution in [2.24, 2.45) is 5.92 Å². The molecule has 5 rings (SSSR count). The minimum absolute atomic E-state index is 0. The number of fused-ring (bicyclic) bond motifs is 1. The van der Waals surface area contributed by atoms with Crippen LogP contribution in [0.1, 0.15) is 28.5 Å². The lowest BCUT2D eigenvalue weighted by Gasteiger charge is -2.13. The topological polar surface area (TPSA) is 89.1 Å². The Bertz CT molecular complexity index is 1040. The summed E-state index contributed by atoms with van der Waals surface area (Å²) in [4.78, 5) is 24.0. The van der Waals surface area contributed by atoms with Crippen LogP contribution in [0.25, 0.3) is 22.2 Å². The van der Waals surface area contributed by atoms with E-state index in [1.54, 1.807) is 13.3 Å². The van der Waals surface area contributed by atoms with Gasteiger partial charge in [0.05, 0.1) is 18.8 Å². The molecule has 0 spiro atoms. The third-order valence-electron chi connectivity index (χ3n) is 4.90. The largest absolute Gasteiger partial charge is 0.490 e. The van der Waals surface area contributed by atoms with Crippen molar-refractivity contribution in [3.63, 3.8) is 0 Å². The highest BCUT2D eigenvalue weighted by Crippen LogP contribution is 2.42. The van der Waals surface area contributed by atoms with Crippen LogP contribution in [-0.4, -0.2) is 34.1 Å². The molecule has 0 aliphatic heterocycles. The fourth-order valence-corrected chi connectivity index (χ4v) is 3.15. The van der Waals surface area contributed by atoms with Crippen molar-refractivity contribution in [3.8, 4) is 22.8 Å². The molecule has 3 heterocycles. The van der Waals surface area contributed by atoms with Crippen LogP contribution in [0.5, 0.6) is 11.6 Å². The summed E-state index contributed by atoms with van der Waals surface area (Å²) >= 11 is 0. The standard InChI is InChI=1S/C20H20N4O3.FH.2H2/c1-26-20-17(15(8-9-21-20)27-12-4-5-12)14-10-22-18-13(14)6-7-16(23-18)24-19(25)11-2-3-11;;;/h6-12H,2-5H2,1H3,(H2,22,23,24,25);3*1H. The molecule has 3 aromatic rings. The molecule has 28 heavy (non-hydrogen) atoms. The third kappa shape index (κ3) is 3.37. The summed E-state index contributed by atoms with van der Waals surface area (Å²) in [6.07, 6.45) is 7.91. The molecule has 2 aliphatic carbocycles. The van der Waals surface area contributed by atoms with Gasteiger partial charge in [-0.05, 0) is 43.9 Å². The molecule has 0 unspecified atom stereocenters. The number of ether oxygens (including phenoxy) is 2. The zero-order chi connectivity index (χ0) is 18.4. The first-order chi connectivity index (χ1) is 13.2. The predicted octanol–water partition coefficient (Wildman–Crippen LogP) is 4.17. The summed E-state index contributed by atoms with van der Waals surface area (Å²) in [5.74, 6) is 2.02. The van der Waals surface area contributed by atoms with Gasteiger partial charge in [0.2, 0.25) is 11.8 Å². The number of aromatic nitrogens is 3. The van der Waals surface area contributed by atoms with Gasteiger partial charge < -0.3 is 19.8 Å². The van der Waals surface area contributed by atoms with E-state index in [9.17, 15) is 4.79 Å². The molecule has 0 saturated heterocycles. The van der Waals surface area contributed by atoms with Gasteiger partial charge in [-0.2, -0.15) is 0 Å². The number of methoxy groups -OCH3 is 1. The highest BCUT2D eigenvalue weighted by molar-refractivity contribution is 5.99. The second kappa shape index (κ2) is 7.10. The summed E-state index contributed by atoms with van der Waals surface area (Å²) in [5.41, 5.74) is 2.43. The molecule has 0 aromatic carbocycles.